The summed E-state index contributed by atoms with van der Waals surface area (Å²) >= 11 is 6.05. The van der Waals surface area contributed by atoms with E-state index in [0.717, 1.165) is 11.6 Å². The predicted molar refractivity (Wildman–Crippen MR) is 87.6 cm³/mol. The Morgan fingerprint density at radius 3 is 2.39 bits per heavy atom. The van der Waals surface area contributed by atoms with E-state index in [2.05, 4.69) is 0 Å². The van der Waals surface area contributed by atoms with Gasteiger partial charge in [0.05, 0.1) is 6.04 Å². The molecule has 2 aromatic rings. The molecule has 23 heavy (non-hydrogen) atoms. The van der Waals surface area contributed by atoms with Crippen molar-refractivity contribution in [3.05, 3.63) is 64.2 Å². The minimum atomic E-state index is -0.915. The van der Waals surface area contributed by atoms with Crippen LogP contribution in [0.3, 0.4) is 0 Å². The van der Waals surface area contributed by atoms with Crippen LogP contribution in [-0.4, -0.2) is 19.0 Å². The van der Waals surface area contributed by atoms with E-state index in [9.17, 15) is 13.6 Å². The topological polar surface area (TPSA) is 46.3 Å². The van der Waals surface area contributed by atoms with Crippen LogP contribution in [-0.2, 0) is 11.2 Å². The zero-order valence-electron chi connectivity index (χ0n) is 12.8. The number of anilines is 1. The van der Waals surface area contributed by atoms with E-state index in [1.165, 1.54) is 17.0 Å². The maximum absolute atomic E-state index is 13.2. The van der Waals surface area contributed by atoms with Crippen LogP contribution in [0.15, 0.2) is 36.4 Å². The Hall–Kier alpha value is -1.98. The molecule has 2 rings (SSSR count). The lowest BCUT2D eigenvalue weighted by Gasteiger charge is -2.22. The molecule has 0 spiro atoms. The van der Waals surface area contributed by atoms with E-state index in [4.69, 9.17) is 17.3 Å². The van der Waals surface area contributed by atoms with E-state index in [0.29, 0.717) is 16.3 Å². The minimum Gasteiger partial charge on any atom is -0.320 e. The summed E-state index contributed by atoms with van der Waals surface area (Å²) in [6.45, 7) is 1.86. The number of likely N-dealkylation sites (N-methyl/N-ethyl adjacent to an activating group) is 1. The van der Waals surface area contributed by atoms with E-state index in [1.54, 1.807) is 25.2 Å². The van der Waals surface area contributed by atoms with Crippen LogP contribution in [0.1, 0.15) is 11.1 Å². The SMILES string of the molecule is Cc1ccc(N(C)C(=O)[C@@H](N)Cc2cc(F)cc(F)c2)cc1Cl. The number of hydrogen-bond acceptors (Lipinski definition) is 2. The molecule has 0 aromatic heterocycles. The number of aryl methyl sites for hydroxylation is 1. The van der Waals surface area contributed by atoms with E-state index in [1.807, 2.05) is 6.92 Å². The van der Waals surface area contributed by atoms with Gasteiger partial charge in [-0.15, -0.1) is 0 Å². The van der Waals surface area contributed by atoms with Crippen LogP contribution in [0.25, 0.3) is 0 Å². The summed E-state index contributed by atoms with van der Waals surface area (Å²) in [4.78, 5) is 13.8. The Morgan fingerprint density at radius 2 is 1.83 bits per heavy atom. The van der Waals surface area contributed by atoms with Gasteiger partial charge in [0.15, 0.2) is 0 Å². The lowest BCUT2D eigenvalue weighted by atomic mass is 10.0. The molecule has 0 aliphatic carbocycles. The van der Waals surface area contributed by atoms with Crippen molar-refractivity contribution in [2.45, 2.75) is 19.4 Å². The fourth-order valence-corrected chi connectivity index (χ4v) is 2.41. The molecule has 6 heteroatoms. The number of nitrogens with two attached hydrogens (primary N) is 1. The lowest BCUT2D eigenvalue weighted by Crippen LogP contribution is -2.43. The number of benzene rings is 2. The third-order valence-corrected chi connectivity index (χ3v) is 3.98. The largest absolute Gasteiger partial charge is 0.320 e. The molecule has 1 atom stereocenters. The van der Waals surface area contributed by atoms with Crippen molar-refractivity contribution in [1.29, 1.82) is 0 Å². The van der Waals surface area contributed by atoms with Crippen LogP contribution in [0.2, 0.25) is 5.02 Å². The first-order valence-corrected chi connectivity index (χ1v) is 7.40. The van der Waals surface area contributed by atoms with Gasteiger partial charge in [0, 0.05) is 23.8 Å². The first kappa shape index (κ1) is 17.4. The molecule has 0 saturated heterocycles. The maximum Gasteiger partial charge on any atom is 0.243 e. The normalized spacial score (nSPS) is 12.1. The summed E-state index contributed by atoms with van der Waals surface area (Å²) in [6, 6.07) is 7.42. The Bertz CT molecular complexity index is 716. The lowest BCUT2D eigenvalue weighted by molar-refractivity contribution is -0.119. The molecule has 0 saturated carbocycles. The van der Waals surface area contributed by atoms with E-state index < -0.39 is 17.7 Å². The Morgan fingerprint density at radius 1 is 1.22 bits per heavy atom. The van der Waals surface area contributed by atoms with Crippen LogP contribution in [0.5, 0.6) is 0 Å². The average molecular weight is 339 g/mol. The molecule has 0 heterocycles. The summed E-state index contributed by atoms with van der Waals surface area (Å²) < 4.78 is 26.4. The van der Waals surface area contributed by atoms with Gasteiger partial charge in [-0.2, -0.15) is 0 Å². The number of hydrogen-bond donors (Lipinski definition) is 1. The molecule has 0 unspecified atom stereocenters. The predicted octanol–water partition coefficient (Wildman–Crippen LogP) is 3.46. The van der Waals surface area contributed by atoms with Gasteiger partial charge in [-0.05, 0) is 48.7 Å². The summed E-state index contributed by atoms with van der Waals surface area (Å²) in [5, 5.41) is 0.544. The van der Waals surface area contributed by atoms with Crippen molar-refractivity contribution < 1.29 is 13.6 Å². The smallest absolute Gasteiger partial charge is 0.243 e. The third kappa shape index (κ3) is 4.27. The van der Waals surface area contributed by atoms with Gasteiger partial charge in [0.1, 0.15) is 11.6 Å². The van der Waals surface area contributed by atoms with Crippen LogP contribution in [0, 0.1) is 18.6 Å². The second-order valence-corrected chi connectivity index (χ2v) is 5.83. The number of carbonyl (C=O) groups excluding carboxylic acids is 1. The fraction of sp³-hybridized carbons (Fsp3) is 0.235. The second-order valence-electron chi connectivity index (χ2n) is 5.42. The van der Waals surface area contributed by atoms with Gasteiger partial charge in [0.2, 0.25) is 5.91 Å². The van der Waals surface area contributed by atoms with Gasteiger partial charge in [-0.1, -0.05) is 17.7 Å². The Kier molecular flexibility index (Phi) is 5.34. The zero-order chi connectivity index (χ0) is 17.1. The van der Waals surface area contributed by atoms with Gasteiger partial charge in [-0.25, -0.2) is 8.78 Å². The highest BCUT2D eigenvalue weighted by Crippen LogP contribution is 2.23. The van der Waals surface area contributed by atoms with Crippen molar-refractivity contribution in [2.75, 3.05) is 11.9 Å². The van der Waals surface area contributed by atoms with Crippen molar-refractivity contribution in [3.63, 3.8) is 0 Å². The number of carbonyl (C=O) groups is 1. The monoisotopic (exact) mass is 338 g/mol. The number of rotatable bonds is 4. The summed E-state index contributed by atoms with van der Waals surface area (Å²) in [7, 11) is 1.58. The number of amides is 1. The number of nitrogens with zero attached hydrogens (tertiary/aromatic N) is 1. The first-order valence-electron chi connectivity index (χ1n) is 7.02. The first-order chi connectivity index (χ1) is 10.8. The third-order valence-electron chi connectivity index (χ3n) is 3.57. The van der Waals surface area contributed by atoms with Gasteiger partial charge in [0.25, 0.3) is 0 Å². The molecule has 2 aromatic carbocycles. The standard InChI is InChI=1S/C17H17ClF2N2O/c1-10-3-4-14(9-15(10)18)22(2)17(23)16(21)7-11-5-12(19)8-13(20)6-11/h3-6,8-9,16H,7,21H2,1-2H3/t16-/m0/s1. The van der Waals surface area contributed by atoms with Crippen molar-refractivity contribution >= 4 is 23.2 Å². The van der Waals surface area contributed by atoms with Gasteiger partial charge < -0.3 is 10.6 Å². The van der Waals surface area contributed by atoms with Crippen LogP contribution >= 0.6 is 11.6 Å². The minimum absolute atomic E-state index is 0.0391. The maximum atomic E-state index is 13.2. The second kappa shape index (κ2) is 7.06. The van der Waals surface area contributed by atoms with E-state index >= 15 is 0 Å². The van der Waals surface area contributed by atoms with Crippen molar-refractivity contribution in [1.82, 2.24) is 0 Å². The number of halogens is 3. The summed E-state index contributed by atoms with van der Waals surface area (Å²) in [5.74, 6) is -1.76. The van der Waals surface area contributed by atoms with E-state index in [-0.39, 0.29) is 12.3 Å². The molecule has 0 radical (unpaired) electrons. The molecule has 122 valence electrons. The van der Waals surface area contributed by atoms with Crippen LogP contribution in [0.4, 0.5) is 14.5 Å². The zero-order valence-corrected chi connectivity index (χ0v) is 13.6. The molecule has 1 amide bonds. The summed E-state index contributed by atoms with van der Waals surface area (Å²) in [6.07, 6.45) is 0.0391. The highest BCUT2D eigenvalue weighted by molar-refractivity contribution is 6.31. The van der Waals surface area contributed by atoms with Crippen molar-refractivity contribution in [2.24, 2.45) is 5.73 Å². The molecule has 0 fully saturated rings. The Balaban J connectivity index is 2.13. The molecular weight excluding hydrogens is 322 g/mol. The molecule has 2 N–H and O–H groups in total. The molecular formula is C17H17ClF2N2O. The highest BCUT2D eigenvalue weighted by atomic mass is 35.5. The molecule has 0 bridgehead atoms. The molecule has 0 aliphatic heterocycles. The van der Waals surface area contributed by atoms with Gasteiger partial charge in [-0.3, -0.25) is 4.79 Å². The molecule has 0 aliphatic rings. The molecule has 3 nitrogen and oxygen atoms in total. The van der Waals surface area contributed by atoms with Gasteiger partial charge >= 0.3 is 0 Å². The highest BCUT2D eigenvalue weighted by Gasteiger charge is 2.20. The average Bonchev–Trinajstić information content (AvgIpc) is 2.47. The Labute approximate surface area is 138 Å². The van der Waals surface area contributed by atoms with Crippen LogP contribution < -0.4 is 10.6 Å². The van der Waals surface area contributed by atoms with Crippen molar-refractivity contribution in [3.8, 4) is 0 Å². The quantitative estimate of drug-likeness (QED) is 0.928. The fourth-order valence-electron chi connectivity index (χ4n) is 2.24. The summed E-state index contributed by atoms with van der Waals surface area (Å²) in [5.41, 5.74) is 7.72.